The molecule has 1 heterocycles. The maximum absolute atomic E-state index is 11.8. The summed E-state index contributed by atoms with van der Waals surface area (Å²) in [6, 6.07) is 11.3. The standard InChI is InChI=1S/C17H23N3O2/c1-13-11-14(2)20(19-13)10-6-9-18-17(22)12-16(21)15-7-4-3-5-8-15/h3-5,7-8,11,16,21H,6,9-10,12H2,1-2H3,(H,18,22). The predicted octanol–water partition coefficient (Wildman–Crippen LogP) is 2.13. The van der Waals surface area contributed by atoms with E-state index in [0.717, 1.165) is 29.9 Å². The van der Waals surface area contributed by atoms with Crippen molar-refractivity contribution in [2.45, 2.75) is 39.3 Å². The van der Waals surface area contributed by atoms with Gasteiger partial charge in [0, 0.05) is 18.8 Å². The molecule has 0 aliphatic heterocycles. The van der Waals surface area contributed by atoms with Gasteiger partial charge in [-0.3, -0.25) is 9.48 Å². The SMILES string of the molecule is Cc1cc(C)n(CCCNC(=O)CC(O)c2ccccc2)n1. The summed E-state index contributed by atoms with van der Waals surface area (Å²) in [5, 5.41) is 17.2. The molecule has 0 spiro atoms. The average molecular weight is 301 g/mol. The summed E-state index contributed by atoms with van der Waals surface area (Å²) in [6.45, 7) is 5.35. The fourth-order valence-corrected chi connectivity index (χ4v) is 2.40. The molecule has 2 N–H and O–H groups in total. The van der Waals surface area contributed by atoms with Gasteiger partial charge in [0.2, 0.25) is 5.91 Å². The van der Waals surface area contributed by atoms with Gasteiger partial charge in [0.25, 0.3) is 0 Å². The van der Waals surface area contributed by atoms with Gasteiger partial charge in [0.05, 0.1) is 18.2 Å². The maximum Gasteiger partial charge on any atom is 0.222 e. The number of amides is 1. The smallest absolute Gasteiger partial charge is 0.222 e. The van der Waals surface area contributed by atoms with Crippen LogP contribution in [0.15, 0.2) is 36.4 Å². The van der Waals surface area contributed by atoms with E-state index in [0.29, 0.717) is 6.54 Å². The van der Waals surface area contributed by atoms with Crippen molar-refractivity contribution < 1.29 is 9.90 Å². The molecule has 1 aromatic carbocycles. The van der Waals surface area contributed by atoms with Crippen molar-refractivity contribution >= 4 is 5.91 Å². The summed E-state index contributed by atoms with van der Waals surface area (Å²) < 4.78 is 1.94. The molecule has 0 aliphatic rings. The minimum absolute atomic E-state index is 0.0872. The first-order valence-electron chi connectivity index (χ1n) is 7.57. The molecule has 2 rings (SSSR count). The third kappa shape index (κ3) is 4.70. The summed E-state index contributed by atoms with van der Waals surface area (Å²) in [7, 11) is 0. The minimum atomic E-state index is -0.753. The largest absolute Gasteiger partial charge is 0.388 e. The Labute approximate surface area is 131 Å². The summed E-state index contributed by atoms with van der Waals surface area (Å²) in [6.07, 6.45) is 0.149. The van der Waals surface area contributed by atoms with Crippen molar-refractivity contribution in [1.29, 1.82) is 0 Å². The second-order valence-corrected chi connectivity index (χ2v) is 5.48. The van der Waals surface area contributed by atoms with Crippen LogP contribution < -0.4 is 5.32 Å². The van der Waals surface area contributed by atoms with Crippen LogP contribution in [0.3, 0.4) is 0 Å². The molecule has 1 amide bonds. The topological polar surface area (TPSA) is 67.2 Å². The third-order valence-electron chi connectivity index (χ3n) is 3.54. The van der Waals surface area contributed by atoms with Gasteiger partial charge in [-0.25, -0.2) is 0 Å². The molecule has 5 nitrogen and oxygen atoms in total. The van der Waals surface area contributed by atoms with Crippen LogP contribution in [0.25, 0.3) is 0 Å². The summed E-state index contributed by atoms with van der Waals surface area (Å²) in [4.78, 5) is 11.8. The lowest BCUT2D eigenvalue weighted by Crippen LogP contribution is -2.26. The molecule has 0 fully saturated rings. The second-order valence-electron chi connectivity index (χ2n) is 5.48. The zero-order valence-electron chi connectivity index (χ0n) is 13.1. The van der Waals surface area contributed by atoms with Gasteiger partial charge < -0.3 is 10.4 Å². The lowest BCUT2D eigenvalue weighted by atomic mass is 10.1. The van der Waals surface area contributed by atoms with Crippen LogP contribution in [0.5, 0.6) is 0 Å². The van der Waals surface area contributed by atoms with E-state index in [4.69, 9.17) is 0 Å². The number of rotatable bonds is 7. The van der Waals surface area contributed by atoms with E-state index in [1.165, 1.54) is 0 Å². The van der Waals surface area contributed by atoms with Crippen molar-refractivity contribution in [3.8, 4) is 0 Å². The molecule has 0 bridgehead atoms. The van der Waals surface area contributed by atoms with E-state index in [9.17, 15) is 9.90 Å². The number of aliphatic hydroxyl groups excluding tert-OH is 1. The normalized spacial score (nSPS) is 12.1. The highest BCUT2D eigenvalue weighted by atomic mass is 16.3. The van der Waals surface area contributed by atoms with Crippen LogP contribution in [-0.2, 0) is 11.3 Å². The highest BCUT2D eigenvalue weighted by Gasteiger charge is 2.12. The Morgan fingerprint density at radius 3 is 2.68 bits per heavy atom. The van der Waals surface area contributed by atoms with E-state index >= 15 is 0 Å². The first kappa shape index (κ1) is 16.2. The molecule has 22 heavy (non-hydrogen) atoms. The number of carbonyl (C=O) groups excluding carboxylic acids is 1. The number of nitrogens with zero attached hydrogens (tertiary/aromatic N) is 2. The van der Waals surface area contributed by atoms with Crippen LogP contribution in [0.1, 0.15) is 35.9 Å². The van der Waals surface area contributed by atoms with Crippen molar-refractivity contribution in [3.05, 3.63) is 53.3 Å². The monoisotopic (exact) mass is 301 g/mol. The number of hydrogen-bond acceptors (Lipinski definition) is 3. The Morgan fingerprint density at radius 2 is 2.05 bits per heavy atom. The van der Waals surface area contributed by atoms with Crippen LogP contribution in [0.2, 0.25) is 0 Å². The van der Waals surface area contributed by atoms with Crippen LogP contribution >= 0.6 is 0 Å². The van der Waals surface area contributed by atoms with Crippen molar-refractivity contribution in [2.75, 3.05) is 6.54 Å². The van der Waals surface area contributed by atoms with Crippen LogP contribution in [-0.4, -0.2) is 27.3 Å². The van der Waals surface area contributed by atoms with Crippen molar-refractivity contribution in [2.24, 2.45) is 0 Å². The minimum Gasteiger partial charge on any atom is -0.388 e. The van der Waals surface area contributed by atoms with Gasteiger partial charge in [-0.1, -0.05) is 30.3 Å². The first-order chi connectivity index (χ1) is 10.6. The van der Waals surface area contributed by atoms with Crippen molar-refractivity contribution in [1.82, 2.24) is 15.1 Å². The molecule has 1 atom stereocenters. The van der Waals surface area contributed by atoms with E-state index in [1.807, 2.05) is 54.9 Å². The number of carbonyl (C=O) groups is 1. The van der Waals surface area contributed by atoms with Gasteiger partial charge in [-0.2, -0.15) is 5.10 Å². The number of nitrogens with one attached hydrogen (secondary N) is 1. The number of aromatic nitrogens is 2. The molecule has 0 saturated heterocycles. The van der Waals surface area contributed by atoms with E-state index in [1.54, 1.807) is 0 Å². The van der Waals surface area contributed by atoms with Gasteiger partial charge >= 0.3 is 0 Å². The third-order valence-corrected chi connectivity index (χ3v) is 3.54. The molecule has 0 aliphatic carbocycles. The Hall–Kier alpha value is -2.14. The summed E-state index contributed by atoms with van der Waals surface area (Å²) in [5.41, 5.74) is 2.90. The van der Waals surface area contributed by atoms with Gasteiger partial charge in [0.15, 0.2) is 0 Å². The number of aliphatic hydroxyl groups is 1. The lowest BCUT2D eigenvalue weighted by Gasteiger charge is -2.11. The van der Waals surface area contributed by atoms with E-state index < -0.39 is 6.10 Å². The quantitative estimate of drug-likeness (QED) is 0.770. The number of hydrogen-bond donors (Lipinski definition) is 2. The molecule has 1 unspecified atom stereocenters. The summed E-state index contributed by atoms with van der Waals surface area (Å²) in [5.74, 6) is -0.135. The fourth-order valence-electron chi connectivity index (χ4n) is 2.40. The molecule has 5 heteroatoms. The average Bonchev–Trinajstić information content (AvgIpc) is 2.82. The Morgan fingerprint density at radius 1 is 1.32 bits per heavy atom. The molecule has 1 aromatic heterocycles. The Kier molecular flexibility index (Phi) is 5.72. The molecule has 0 radical (unpaired) electrons. The van der Waals surface area contributed by atoms with Crippen LogP contribution in [0.4, 0.5) is 0 Å². The van der Waals surface area contributed by atoms with Crippen LogP contribution in [0, 0.1) is 13.8 Å². The molecule has 2 aromatic rings. The molecular formula is C17H23N3O2. The lowest BCUT2D eigenvalue weighted by molar-refractivity contribution is -0.123. The molecule has 0 saturated carbocycles. The van der Waals surface area contributed by atoms with Gasteiger partial charge in [-0.15, -0.1) is 0 Å². The second kappa shape index (κ2) is 7.75. The first-order valence-corrected chi connectivity index (χ1v) is 7.57. The zero-order valence-corrected chi connectivity index (χ0v) is 13.1. The molecule has 118 valence electrons. The number of benzene rings is 1. The fraction of sp³-hybridized carbons (Fsp3) is 0.412. The highest BCUT2D eigenvalue weighted by Crippen LogP contribution is 2.15. The van der Waals surface area contributed by atoms with Crippen molar-refractivity contribution in [3.63, 3.8) is 0 Å². The number of aryl methyl sites for hydroxylation is 3. The van der Waals surface area contributed by atoms with E-state index in [-0.39, 0.29) is 12.3 Å². The predicted molar refractivity (Wildman–Crippen MR) is 85.3 cm³/mol. The summed E-state index contributed by atoms with van der Waals surface area (Å²) >= 11 is 0. The van der Waals surface area contributed by atoms with Gasteiger partial charge in [0.1, 0.15) is 0 Å². The maximum atomic E-state index is 11.8. The van der Waals surface area contributed by atoms with E-state index in [2.05, 4.69) is 10.4 Å². The zero-order chi connectivity index (χ0) is 15.9. The Bertz CT molecular complexity index is 608. The van der Waals surface area contributed by atoms with Gasteiger partial charge in [-0.05, 0) is 31.9 Å². The highest BCUT2D eigenvalue weighted by molar-refractivity contribution is 5.76. The molecular weight excluding hydrogens is 278 g/mol. The Balaban J connectivity index is 1.69.